The van der Waals surface area contributed by atoms with Gasteiger partial charge in [0.25, 0.3) is 0 Å². The Bertz CT molecular complexity index is 1110. The molecule has 0 spiro atoms. The Balaban J connectivity index is 1.62. The summed E-state index contributed by atoms with van der Waals surface area (Å²) in [6.45, 7) is 5.06. The normalized spacial score (nSPS) is 14.8. The number of nitrogens with one attached hydrogen (secondary N) is 2. The summed E-state index contributed by atoms with van der Waals surface area (Å²) in [4.78, 5) is 15.1. The Kier molecular flexibility index (Phi) is 3.90. The highest BCUT2D eigenvalue weighted by molar-refractivity contribution is 5.98. The second kappa shape index (κ2) is 6.55. The Labute approximate surface area is 157 Å². The molecule has 0 atom stereocenters. The van der Waals surface area contributed by atoms with Crippen molar-refractivity contribution < 1.29 is 4.74 Å². The maximum absolute atomic E-state index is 5.47. The minimum atomic E-state index is 0.706. The largest absolute Gasteiger partial charge is 0.378 e. The lowest BCUT2D eigenvalue weighted by Crippen LogP contribution is -2.37. The van der Waals surface area contributed by atoms with E-state index in [1.807, 2.05) is 6.92 Å². The lowest BCUT2D eigenvalue weighted by molar-refractivity contribution is 0.122. The smallest absolute Gasteiger partial charge is 0.229 e. The van der Waals surface area contributed by atoms with Gasteiger partial charge < -0.3 is 19.9 Å². The number of morpholine rings is 1. The molecule has 5 rings (SSSR count). The first-order chi connectivity index (χ1) is 13.3. The molecule has 2 N–H and O–H groups in total. The fourth-order valence-electron chi connectivity index (χ4n) is 3.59. The van der Waals surface area contributed by atoms with Crippen LogP contribution in [0.25, 0.3) is 21.8 Å². The summed E-state index contributed by atoms with van der Waals surface area (Å²) in [5.41, 5.74) is 2.96. The van der Waals surface area contributed by atoms with Crippen LogP contribution in [0.3, 0.4) is 0 Å². The molecule has 2 aromatic carbocycles. The summed E-state index contributed by atoms with van der Waals surface area (Å²) in [5, 5.41) is 6.92. The molecular formula is C21H21N5O. The first-order valence-corrected chi connectivity index (χ1v) is 9.23. The molecule has 0 amide bonds. The highest BCUT2D eigenvalue weighted by Crippen LogP contribution is 2.30. The Morgan fingerprint density at radius 1 is 1.00 bits per heavy atom. The van der Waals surface area contributed by atoms with Gasteiger partial charge in [0, 0.05) is 29.9 Å². The number of fused-ring (bicyclic) bond motifs is 2. The predicted molar refractivity (Wildman–Crippen MR) is 109 cm³/mol. The van der Waals surface area contributed by atoms with E-state index in [0.29, 0.717) is 13.2 Å². The second-order valence-corrected chi connectivity index (χ2v) is 6.84. The van der Waals surface area contributed by atoms with E-state index in [9.17, 15) is 0 Å². The third kappa shape index (κ3) is 2.98. The summed E-state index contributed by atoms with van der Waals surface area (Å²) < 4.78 is 5.47. The third-order valence-electron chi connectivity index (χ3n) is 4.95. The number of benzene rings is 2. The van der Waals surface area contributed by atoms with Crippen LogP contribution in [0.4, 0.5) is 17.5 Å². The number of H-pyrrole nitrogens is 1. The van der Waals surface area contributed by atoms with Crippen molar-refractivity contribution in [3.63, 3.8) is 0 Å². The summed E-state index contributed by atoms with van der Waals surface area (Å²) in [7, 11) is 0. The molecule has 4 aromatic rings. The molecule has 27 heavy (non-hydrogen) atoms. The Morgan fingerprint density at radius 2 is 1.81 bits per heavy atom. The minimum Gasteiger partial charge on any atom is -0.378 e. The molecule has 0 bridgehead atoms. The van der Waals surface area contributed by atoms with Gasteiger partial charge in [-0.1, -0.05) is 36.4 Å². The van der Waals surface area contributed by atoms with E-state index in [2.05, 4.69) is 63.7 Å². The quantitative estimate of drug-likeness (QED) is 0.579. The van der Waals surface area contributed by atoms with Gasteiger partial charge in [-0.25, -0.2) is 0 Å². The highest BCUT2D eigenvalue weighted by atomic mass is 16.5. The number of hydrogen-bond acceptors (Lipinski definition) is 5. The zero-order valence-corrected chi connectivity index (χ0v) is 15.2. The summed E-state index contributed by atoms with van der Waals surface area (Å²) >= 11 is 0. The monoisotopic (exact) mass is 359 g/mol. The van der Waals surface area contributed by atoms with Crippen molar-refractivity contribution in [1.29, 1.82) is 0 Å². The van der Waals surface area contributed by atoms with Gasteiger partial charge in [-0.05, 0) is 24.4 Å². The average Bonchev–Trinajstić information content (AvgIpc) is 3.09. The van der Waals surface area contributed by atoms with E-state index in [1.165, 1.54) is 10.8 Å². The second-order valence-electron chi connectivity index (χ2n) is 6.84. The van der Waals surface area contributed by atoms with Crippen molar-refractivity contribution in [2.24, 2.45) is 0 Å². The number of ether oxygens (including phenoxy) is 1. The molecule has 0 saturated carbocycles. The van der Waals surface area contributed by atoms with Crippen LogP contribution < -0.4 is 10.2 Å². The van der Waals surface area contributed by atoms with Crippen molar-refractivity contribution in [3.8, 4) is 0 Å². The van der Waals surface area contributed by atoms with Crippen LogP contribution in [-0.2, 0) is 4.74 Å². The van der Waals surface area contributed by atoms with E-state index in [0.717, 1.165) is 47.3 Å². The van der Waals surface area contributed by atoms with Crippen LogP contribution in [0.1, 0.15) is 5.69 Å². The Hall–Kier alpha value is -3.12. The molecule has 1 aliphatic heterocycles. The molecule has 1 aliphatic rings. The van der Waals surface area contributed by atoms with E-state index >= 15 is 0 Å². The third-order valence-corrected chi connectivity index (χ3v) is 4.95. The van der Waals surface area contributed by atoms with Gasteiger partial charge >= 0.3 is 0 Å². The van der Waals surface area contributed by atoms with Crippen molar-refractivity contribution in [3.05, 3.63) is 54.2 Å². The molecule has 3 heterocycles. The number of anilines is 3. The number of nitrogens with zero attached hydrogens (tertiary/aromatic N) is 3. The van der Waals surface area contributed by atoms with Gasteiger partial charge in [-0.2, -0.15) is 9.97 Å². The molecule has 6 heteroatoms. The van der Waals surface area contributed by atoms with Crippen molar-refractivity contribution in [1.82, 2.24) is 15.0 Å². The van der Waals surface area contributed by atoms with Gasteiger partial charge in [-0.3, -0.25) is 0 Å². The van der Waals surface area contributed by atoms with Crippen molar-refractivity contribution in [2.75, 3.05) is 36.5 Å². The van der Waals surface area contributed by atoms with Crippen LogP contribution >= 0.6 is 0 Å². The van der Waals surface area contributed by atoms with Gasteiger partial charge in [0.05, 0.1) is 18.6 Å². The lowest BCUT2D eigenvalue weighted by atomic mass is 10.1. The predicted octanol–water partition coefficient (Wildman–Crippen LogP) is 4.00. The first-order valence-electron chi connectivity index (χ1n) is 9.23. The number of aromatic nitrogens is 3. The van der Waals surface area contributed by atoms with Crippen LogP contribution in [0.5, 0.6) is 0 Å². The summed E-state index contributed by atoms with van der Waals surface area (Å²) in [6, 6.07) is 16.7. The maximum Gasteiger partial charge on any atom is 0.229 e. The van der Waals surface area contributed by atoms with Crippen molar-refractivity contribution >= 4 is 39.3 Å². The van der Waals surface area contributed by atoms with E-state index in [1.54, 1.807) is 0 Å². The van der Waals surface area contributed by atoms with Crippen LogP contribution in [0.2, 0.25) is 0 Å². The van der Waals surface area contributed by atoms with Crippen LogP contribution in [0, 0.1) is 6.92 Å². The standard InChI is InChI=1S/C21H21N5O/c1-14-13-17-19(22-14)24-21(26-9-11-27-12-10-26)25-20(17)23-18-8-4-6-15-5-2-3-7-16(15)18/h2-8,13H,9-12H2,1H3,(H2,22,23,24,25). The average molecular weight is 359 g/mol. The molecule has 0 aliphatic carbocycles. The molecule has 1 saturated heterocycles. The van der Waals surface area contributed by atoms with E-state index in [4.69, 9.17) is 14.7 Å². The number of hydrogen-bond donors (Lipinski definition) is 2. The van der Waals surface area contributed by atoms with Gasteiger partial charge in [0.1, 0.15) is 11.5 Å². The first kappa shape index (κ1) is 16.1. The number of aryl methyl sites for hydroxylation is 1. The topological polar surface area (TPSA) is 66.1 Å². The fourth-order valence-corrected chi connectivity index (χ4v) is 3.59. The zero-order chi connectivity index (χ0) is 18.2. The summed E-state index contributed by atoms with van der Waals surface area (Å²) in [5.74, 6) is 1.55. The van der Waals surface area contributed by atoms with Crippen molar-refractivity contribution in [2.45, 2.75) is 6.92 Å². The number of rotatable bonds is 3. The van der Waals surface area contributed by atoms with Crippen LogP contribution in [-0.4, -0.2) is 41.3 Å². The molecule has 6 nitrogen and oxygen atoms in total. The zero-order valence-electron chi connectivity index (χ0n) is 15.2. The van der Waals surface area contributed by atoms with Crippen LogP contribution in [0.15, 0.2) is 48.5 Å². The van der Waals surface area contributed by atoms with Gasteiger partial charge in [-0.15, -0.1) is 0 Å². The molecule has 0 radical (unpaired) electrons. The molecule has 136 valence electrons. The summed E-state index contributed by atoms with van der Waals surface area (Å²) in [6.07, 6.45) is 0. The van der Waals surface area contributed by atoms with Gasteiger partial charge in [0.2, 0.25) is 5.95 Å². The lowest BCUT2D eigenvalue weighted by Gasteiger charge is -2.27. The van der Waals surface area contributed by atoms with E-state index in [-0.39, 0.29) is 0 Å². The fraction of sp³-hybridized carbons (Fsp3) is 0.238. The SMILES string of the molecule is Cc1cc2c(Nc3cccc4ccccc34)nc(N3CCOCC3)nc2[nH]1. The molecule has 1 fully saturated rings. The van der Waals surface area contributed by atoms with E-state index < -0.39 is 0 Å². The highest BCUT2D eigenvalue weighted by Gasteiger charge is 2.18. The minimum absolute atomic E-state index is 0.706. The molecule has 2 aromatic heterocycles. The number of aromatic amines is 1. The molecular weight excluding hydrogens is 338 g/mol. The maximum atomic E-state index is 5.47. The van der Waals surface area contributed by atoms with Gasteiger partial charge in [0.15, 0.2) is 0 Å². The molecule has 0 unspecified atom stereocenters. The Morgan fingerprint density at radius 3 is 2.70 bits per heavy atom.